The number of hydrogen-bond acceptors (Lipinski definition) is 5. The van der Waals surface area contributed by atoms with E-state index >= 15 is 0 Å². The van der Waals surface area contributed by atoms with Crippen LogP contribution in [0, 0.1) is 6.92 Å². The number of rotatable bonds is 7. The average molecular weight is 515 g/mol. The van der Waals surface area contributed by atoms with Crippen LogP contribution in [0.25, 0.3) is 16.9 Å². The van der Waals surface area contributed by atoms with Crippen molar-refractivity contribution < 1.29 is 9.53 Å². The van der Waals surface area contributed by atoms with Crippen molar-refractivity contribution in [2.24, 2.45) is 0 Å². The molecule has 0 radical (unpaired) electrons. The van der Waals surface area contributed by atoms with E-state index in [0.717, 1.165) is 28.3 Å². The van der Waals surface area contributed by atoms with E-state index in [2.05, 4.69) is 5.10 Å². The van der Waals surface area contributed by atoms with Gasteiger partial charge in [-0.2, -0.15) is 5.10 Å². The summed E-state index contributed by atoms with van der Waals surface area (Å²) >= 11 is 8.16. The summed E-state index contributed by atoms with van der Waals surface area (Å²) in [7, 11) is 1.63. The molecule has 0 atom stereocenters. The molecule has 0 aliphatic carbocycles. The zero-order valence-corrected chi connectivity index (χ0v) is 21.3. The molecule has 0 aliphatic rings. The molecule has 5 aromatic rings. The Morgan fingerprint density at radius 2 is 1.67 bits per heavy atom. The molecule has 2 aromatic heterocycles. The van der Waals surface area contributed by atoms with E-state index in [9.17, 15) is 4.79 Å². The van der Waals surface area contributed by atoms with E-state index in [1.165, 1.54) is 11.3 Å². The lowest BCUT2D eigenvalue weighted by atomic mass is 10.1. The Morgan fingerprint density at radius 3 is 2.33 bits per heavy atom. The Labute approximate surface area is 218 Å². The fourth-order valence-corrected chi connectivity index (χ4v) is 5.08. The summed E-state index contributed by atoms with van der Waals surface area (Å²) < 4.78 is 6.85. The number of ether oxygens (including phenoxy) is 1. The van der Waals surface area contributed by atoms with Crippen LogP contribution >= 0.6 is 22.9 Å². The third-order valence-corrected chi connectivity index (χ3v) is 6.97. The van der Waals surface area contributed by atoms with E-state index in [4.69, 9.17) is 21.3 Å². The number of methoxy groups -OCH3 is 1. The van der Waals surface area contributed by atoms with Crippen LogP contribution in [0.3, 0.4) is 0 Å². The van der Waals surface area contributed by atoms with Crippen LogP contribution in [0.5, 0.6) is 5.75 Å². The molecule has 0 bridgehead atoms. The molecule has 0 spiro atoms. The zero-order valence-electron chi connectivity index (χ0n) is 19.8. The minimum absolute atomic E-state index is 0.251. The normalized spacial score (nSPS) is 10.9. The molecule has 0 saturated carbocycles. The predicted molar refractivity (Wildman–Crippen MR) is 144 cm³/mol. The van der Waals surface area contributed by atoms with E-state index in [1.807, 2.05) is 90.3 Å². The second kappa shape index (κ2) is 10.4. The molecule has 6 nitrogen and oxygen atoms in total. The molecule has 0 unspecified atom stereocenters. The van der Waals surface area contributed by atoms with E-state index in [0.29, 0.717) is 22.9 Å². The van der Waals surface area contributed by atoms with Gasteiger partial charge in [0.25, 0.3) is 5.91 Å². The number of para-hydroxylation sites is 1. The van der Waals surface area contributed by atoms with Crippen LogP contribution in [0.2, 0.25) is 5.15 Å². The Hall–Kier alpha value is -3.94. The number of carbonyl (C=O) groups excluding carboxylic acids is 1. The Balaban J connectivity index is 1.54. The zero-order chi connectivity index (χ0) is 25.1. The van der Waals surface area contributed by atoms with Crippen molar-refractivity contribution in [3.63, 3.8) is 0 Å². The van der Waals surface area contributed by atoms with Gasteiger partial charge in [0.2, 0.25) is 0 Å². The molecule has 0 fully saturated rings. The van der Waals surface area contributed by atoms with E-state index in [-0.39, 0.29) is 11.1 Å². The van der Waals surface area contributed by atoms with Gasteiger partial charge in [0, 0.05) is 10.9 Å². The van der Waals surface area contributed by atoms with Gasteiger partial charge >= 0.3 is 0 Å². The Bertz CT molecular complexity index is 1480. The van der Waals surface area contributed by atoms with Crippen LogP contribution in [0.4, 0.5) is 5.13 Å². The number of nitrogens with zero attached hydrogens (tertiary/aromatic N) is 4. The van der Waals surface area contributed by atoms with Gasteiger partial charge in [0.15, 0.2) is 5.13 Å². The number of amides is 1. The summed E-state index contributed by atoms with van der Waals surface area (Å²) in [6, 6.07) is 27.0. The number of aryl methyl sites for hydroxylation is 1. The smallest absolute Gasteiger partial charge is 0.265 e. The highest BCUT2D eigenvalue weighted by molar-refractivity contribution is 7.14. The first-order chi connectivity index (χ1) is 17.5. The van der Waals surface area contributed by atoms with E-state index in [1.54, 1.807) is 23.6 Å². The van der Waals surface area contributed by atoms with Crippen molar-refractivity contribution in [1.82, 2.24) is 14.8 Å². The molecular formula is C28H23ClN4O2S. The number of anilines is 1. The van der Waals surface area contributed by atoms with Gasteiger partial charge in [0.1, 0.15) is 16.5 Å². The summed E-state index contributed by atoms with van der Waals surface area (Å²) in [6.45, 7) is 2.14. The second-order valence-electron chi connectivity index (χ2n) is 8.12. The molecule has 5 rings (SSSR count). The summed E-state index contributed by atoms with van der Waals surface area (Å²) in [6.07, 6.45) is 0. The number of benzene rings is 3. The molecular weight excluding hydrogens is 492 g/mol. The van der Waals surface area contributed by atoms with Gasteiger partial charge in [-0.25, -0.2) is 9.67 Å². The summed E-state index contributed by atoms with van der Waals surface area (Å²) in [4.78, 5) is 20.5. The van der Waals surface area contributed by atoms with Crippen molar-refractivity contribution in [2.45, 2.75) is 13.5 Å². The first-order valence-electron chi connectivity index (χ1n) is 11.3. The summed E-state index contributed by atoms with van der Waals surface area (Å²) in [5.74, 6) is 0.523. The second-order valence-corrected chi connectivity index (χ2v) is 9.31. The lowest BCUT2D eigenvalue weighted by Crippen LogP contribution is -2.31. The van der Waals surface area contributed by atoms with Crippen LogP contribution in [0.1, 0.15) is 21.6 Å². The quantitative estimate of drug-likeness (QED) is 0.239. The third kappa shape index (κ3) is 4.76. The van der Waals surface area contributed by atoms with Crippen LogP contribution in [0.15, 0.2) is 90.3 Å². The van der Waals surface area contributed by atoms with Gasteiger partial charge in [0.05, 0.1) is 30.7 Å². The summed E-state index contributed by atoms with van der Waals surface area (Å²) in [5, 5.41) is 7.36. The molecule has 0 aliphatic heterocycles. The highest BCUT2D eigenvalue weighted by Gasteiger charge is 2.28. The van der Waals surface area contributed by atoms with Crippen molar-refractivity contribution >= 4 is 34.0 Å². The van der Waals surface area contributed by atoms with Crippen molar-refractivity contribution in [3.8, 4) is 22.7 Å². The van der Waals surface area contributed by atoms with Crippen molar-refractivity contribution in [3.05, 3.63) is 112 Å². The van der Waals surface area contributed by atoms with Gasteiger partial charge < -0.3 is 4.74 Å². The fraction of sp³-hybridized carbons (Fsp3) is 0.107. The number of thiazole rings is 1. The summed E-state index contributed by atoms with van der Waals surface area (Å²) in [5.41, 5.74) is 4.41. The monoisotopic (exact) mass is 514 g/mol. The van der Waals surface area contributed by atoms with Crippen LogP contribution in [-0.4, -0.2) is 27.8 Å². The maximum Gasteiger partial charge on any atom is 0.265 e. The third-order valence-electron chi connectivity index (χ3n) is 5.76. The topological polar surface area (TPSA) is 60.2 Å². The van der Waals surface area contributed by atoms with Gasteiger partial charge in [-0.1, -0.05) is 60.1 Å². The van der Waals surface area contributed by atoms with Gasteiger partial charge in [-0.3, -0.25) is 9.69 Å². The van der Waals surface area contributed by atoms with Crippen molar-refractivity contribution in [1.29, 1.82) is 0 Å². The van der Waals surface area contributed by atoms with E-state index < -0.39 is 0 Å². The van der Waals surface area contributed by atoms with Gasteiger partial charge in [-0.15, -0.1) is 11.3 Å². The van der Waals surface area contributed by atoms with Crippen LogP contribution < -0.4 is 9.64 Å². The molecule has 0 N–H and O–H groups in total. The lowest BCUT2D eigenvalue weighted by molar-refractivity contribution is 0.0984. The first kappa shape index (κ1) is 23.8. The molecule has 36 heavy (non-hydrogen) atoms. The Morgan fingerprint density at radius 1 is 1.00 bits per heavy atom. The SMILES string of the molecule is COc1ccc(-c2csc(N(Cc3ccccc3)C(=O)c3c(C)nn(-c4ccccc4)c3Cl)n2)cc1. The lowest BCUT2D eigenvalue weighted by Gasteiger charge is -2.20. The Kier molecular flexibility index (Phi) is 6.84. The number of aromatic nitrogens is 3. The molecule has 2 heterocycles. The number of halogens is 1. The first-order valence-corrected chi connectivity index (χ1v) is 12.6. The van der Waals surface area contributed by atoms with Crippen LogP contribution in [-0.2, 0) is 6.54 Å². The molecule has 8 heteroatoms. The maximum absolute atomic E-state index is 14.0. The highest BCUT2D eigenvalue weighted by Crippen LogP contribution is 2.32. The number of carbonyl (C=O) groups is 1. The number of hydrogen-bond donors (Lipinski definition) is 0. The maximum atomic E-state index is 14.0. The average Bonchev–Trinajstić information content (AvgIpc) is 3.52. The predicted octanol–water partition coefficient (Wildman–Crippen LogP) is 6.81. The minimum Gasteiger partial charge on any atom is -0.497 e. The molecule has 0 saturated heterocycles. The fourth-order valence-electron chi connectivity index (χ4n) is 3.89. The molecule has 180 valence electrons. The largest absolute Gasteiger partial charge is 0.497 e. The molecule has 1 amide bonds. The molecule has 3 aromatic carbocycles. The standard InChI is InChI=1S/C28H23ClN4O2S/c1-19-25(26(29)33(31-19)22-11-7-4-8-12-22)27(34)32(17-20-9-5-3-6-10-20)28-30-24(18-36-28)21-13-15-23(35-2)16-14-21/h3-16,18H,17H2,1-2H3. The highest BCUT2D eigenvalue weighted by atomic mass is 35.5. The van der Waals surface area contributed by atoms with Crippen molar-refractivity contribution in [2.75, 3.05) is 12.0 Å². The van der Waals surface area contributed by atoms with Gasteiger partial charge in [-0.05, 0) is 48.9 Å². The minimum atomic E-state index is -0.251.